The molecule has 4 rings (SSSR count). The Morgan fingerprint density at radius 3 is 0.656 bits per heavy atom. The Balaban J connectivity index is 0.000000181. The van der Waals surface area contributed by atoms with E-state index in [-0.39, 0.29) is 11.6 Å². The van der Waals surface area contributed by atoms with Gasteiger partial charge in [-0.15, -0.1) is 0 Å². The van der Waals surface area contributed by atoms with E-state index in [1.807, 2.05) is 0 Å². The molecular formula is C26H16Cl4O2. The van der Waals surface area contributed by atoms with Crippen LogP contribution in [0.25, 0.3) is 0 Å². The van der Waals surface area contributed by atoms with Crippen molar-refractivity contribution in [2.24, 2.45) is 0 Å². The van der Waals surface area contributed by atoms with Crippen LogP contribution in [0.5, 0.6) is 0 Å². The molecule has 0 spiro atoms. The lowest BCUT2D eigenvalue weighted by atomic mass is 10.0. The number of rotatable bonds is 4. The quantitative estimate of drug-likeness (QED) is 0.263. The zero-order chi connectivity index (χ0) is 23.1. The Bertz CT molecular complexity index is 1000. The van der Waals surface area contributed by atoms with Gasteiger partial charge >= 0.3 is 0 Å². The third-order valence-corrected chi connectivity index (χ3v) is 5.43. The molecule has 0 saturated heterocycles. The second kappa shape index (κ2) is 11.3. The van der Waals surface area contributed by atoms with E-state index in [1.165, 1.54) is 0 Å². The van der Waals surface area contributed by atoms with Crippen LogP contribution < -0.4 is 0 Å². The summed E-state index contributed by atoms with van der Waals surface area (Å²) in [5.74, 6) is -0.0679. The van der Waals surface area contributed by atoms with Crippen molar-refractivity contribution < 1.29 is 9.59 Å². The Morgan fingerprint density at radius 1 is 0.344 bits per heavy atom. The van der Waals surface area contributed by atoms with E-state index < -0.39 is 0 Å². The number of carbonyl (C=O) groups excluding carboxylic acids is 2. The predicted octanol–water partition coefficient (Wildman–Crippen LogP) is 8.45. The van der Waals surface area contributed by atoms with E-state index in [2.05, 4.69) is 0 Å². The van der Waals surface area contributed by atoms with E-state index in [4.69, 9.17) is 46.4 Å². The summed E-state index contributed by atoms with van der Waals surface area (Å²) in [4.78, 5) is 24.0. The normalized spacial score (nSPS) is 10.1. The Morgan fingerprint density at radius 2 is 0.500 bits per heavy atom. The van der Waals surface area contributed by atoms with Gasteiger partial charge in [-0.05, 0) is 97.1 Å². The third-order valence-electron chi connectivity index (χ3n) is 4.43. The molecule has 4 aromatic carbocycles. The highest BCUT2D eigenvalue weighted by molar-refractivity contribution is 6.31. The van der Waals surface area contributed by atoms with Crippen LogP contribution in [0, 0.1) is 0 Å². The van der Waals surface area contributed by atoms with Gasteiger partial charge in [0.25, 0.3) is 0 Å². The van der Waals surface area contributed by atoms with Crippen LogP contribution in [-0.2, 0) is 0 Å². The first-order chi connectivity index (χ1) is 15.3. The van der Waals surface area contributed by atoms with Crippen LogP contribution in [-0.4, -0.2) is 11.6 Å². The molecule has 0 N–H and O–H groups in total. The number of carbonyl (C=O) groups is 2. The molecule has 4 aromatic rings. The molecule has 0 amide bonds. The minimum Gasteiger partial charge on any atom is -0.289 e. The minimum absolute atomic E-state index is 0.0340. The molecule has 0 atom stereocenters. The van der Waals surface area contributed by atoms with Crippen molar-refractivity contribution in [1.29, 1.82) is 0 Å². The Labute approximate surface area is 206 Å². The van der Waals surface area contributed by atoms with Gasteiger partial charge in [-0.1, -0.05) is 46.4 Å². The number of benzene rings is 4. The summed E-state index contributed by atoms with van der Waals surface area (Å²) in [5, 5.41) is 2.47. The predicted molar refractivity (Wildman–Crippen MR) is 133 cm³/mol. The number of hydrogen-bond donors (Lipinski definition) is 0. The molecule has 2 nitrogen and oxygen atoms in total. The number of ketones is 2. The third kappa shape index (κ3) is 6.69. The lowest BCUT2D eigenvalue weighted by molar-refractivity contribution is 0.103. The summed E-state index contributed by atoms with van der Waals surface area (Å²) in [6.07, 6.45) is 0. The molecular weight excluding hydrogens is 486 g/mol. The lowest BCUT2D eigenvalue weighted by Crippen LogP contribution is -2.00. The zero-order valence-corrected chi connectivity index (χ0v) is 19.6. The van der Waals surface area contributed by atoms with Gasteiger partial charge in [-0.3, -0.25) is 9.59 Å². The Kier molecular flexibility index (Phi) is 8.49. The molecule has 0 fully saturated rings. The van der Waals surface area contributed by atoms with Crippen molar-refractivity contribution in [3.8, 4) is 0 Å². The second-order valence-corrected chi connectivity index (χ2v) is 8.43. The fourth-order valence-corrected chi connectivity index (χ4v) is 3.24. The number of halogens is 4. The first-order valence-electron chi connectivity index (χ1n) is 9.45. The summed E-state index contributed by atoms with van der Waals surface area (Å²) < 4.78 is 0. The average molecular weight is 502 g/mol. The van der Waals surface area contributed by atoms with Crippen molar-refractivity contribution in [2.45, 2.75) is 0 Å². The molecule has 0 bridgehead atoms. The molecule has 0 aliphatic heterocycles. The molecule has 160 valence electrons. The topological polar surface area (TPSA) is 34.1 Å². The van der Waals surface area contributed by atoms with Gasteiger partial charge in [0.2, 0.25) is 0 Å². The highest BCUT2D eigenvalue weighted by atomic mass is 35.5. The molecule has 0 radical (unpaired) electrons. The fraction of sp³-hybridized carbons (Fsp3) is 0. The van der Waals surface area contributed by atoms with Crippen molar-refractivity contribution in [2.75, 3.05) is 0 Å². The van der Waals surface area contributed by atoms with Crippen LogP contribution in [0.4, 0.5) is 0 Å². The summed E-state index contributed by atoms with van der Waals surface area (Å²) in [5.41, 5.74) is 2.47. The number of hydrogen-bond acceptors (Lipinski definition) is 2. The highest BCUT2D eigenvalue weighted by Crippen LogP contribution is 2.17. The van der Waals surface area contributed by atoms with Crippen molar-refractivity contribution in [1.82, 2.24) is 0 Å². The molecule has 0 aromatic heterocycles. The monoisotopic (exact) mass is 500 g/mol. The maximum atomic E-state index is 12.0. The average Bonchev–Trinajstić information content (AvgIpc) is 2.81. The SMILES string of the molecule is O=C(c1ccc(Cl)cc1)c1ccc(Cl)cc1.O=C(c1ccc(Cl)cc1)c1ccc(Cl)cc1. The first-order valence-corrected chi connectivity index (χ1v) is 11.0. The lowest BCUT2D eigenvalue weighted by Gasteiger charge is -2.01. The van der Waals surface area contributed by atoms with Crippen molar-refractivity contribution >= 4 is 58.0 Å². The largest absolute Gasteiger partial charge is 0.289 e. The maximum Gasteiger partial charge on any atom is 0.193 e. The Hall–Kier alpha value is -2.62. The van der Waals surface area contributed by atoms with Gasteiger partial charge in [0.1, 0.15) is 0 Å². The summed E-state index contributed by atoms with van der Waals surface area (Å²) in [7, 11) is 0. The van der Waals surface area contributed by atoms with Crippen molar-refractivity contribution in [3.63, 3.8) is 0 Å². The highest BCUT2D eigenvalue weighted by Gasteiger charge is 2.09. The van der Waals surface area contributed by atoms with Crippen LogP contribution in [0.2, 0.25) is 20.1 Å². The smallest absolute Gasteiger partial charge is 0.193 e. The minimum atomic E-state index is -0.0340. The molecule has 0 unspecified atom stereocenters. The van der Waals surface area contributed by atoms with E-state index in [1.54, 1.807) is 97.1 Å². The van der Waals surface area contributed by atoms with E-state index in [0.717, 1.165) is 0 Å². The van der Waals surface area contributed by atoms with Gasteiger partial charge in [0.15, 0.2) is 11.6 Å². The van der Waals surface area contributed by atoms with E-state index in [0.29, 0.717) is 42.3 Å². The fourth-order valence-electron chi connectivity index (χ4n) is 2.74. The van der Waals surface area contributed by atoms with Crippen LogP contribution in [0.1, 0.15) is 31.8 Å². The van der Waals surface area contributed by atoms with Gasteiger partial charge in [-0.25, -0.2) is 0 Å². The summed E-state index contributed by atoms with van der Waals surface area (Å²) in [6.45, 7) is 0. The molecule has 6 heteroatoms. The first kappa shape index (κ1) is 24.0. The van der Waals surface area contributed by atoms with Crippen LogP contribution >= 0.6 is 46.4 Å². The van der Waals surface area contributed by atoms with E-state index in [9.17, 15) is 9.59 Å². The van der Waals surface area contributed by atoms with Gasteiger partial charge in [-0.2, -0.15) is 0 Å². The molecule has 0 aliphatic rings. The molecule has 0 saturated carbocycles. The standard InChI is InChI=1S/2C13H8Cl2O/c2*14-11-5-1-9(2-6-11)13(16)10-3-7-12(15)8-4-10/h2*1-8H. The van der Waals surface area contributed by atoms with E-state index >= 15 is 0 Å². The van der Waals surface area contributed by atoms with Gasteiger partial charge < -0.3 is 0 Å². The summed E-state index contributed by atoms with van der Waals surface area (Å²) >= 11 is 23.0. The van der Waals surface area contributed by atoms with Crippen molar-refractivity contribution in [3.05, 3.63) is 139 Å². The van der Waals surface area contributed by atoms with Gasteiger partial charge in [0.05, 0.1) is 0 Å². The summed E-state index contributed by atoms with van der Waals surface area (Å²) in [6, 6.07) is 27.3. The second-order valence-electron chi connectivity index (χ2n) is 6.69. The van der Waals surface area contributed by atoms with Crippen LogP contribution in [0.3, 0.4) is 0 Å². The maximum absolute atomic E-state index is 12.0. The van der Waals surface area contributed by atoms with Gasteiger partial charge in [0, 0.05) is 42.3 Å². The molecule has 0 heterocycles. The van der Waals surface area contributed by atoms with Crippen LogP contribution in [0.15, 0.2) is 97.1 Å². The molecule has 32 heavy (non-hydrogen) atoms. The molecule has 0 aliphatic carbocycles. The zero-order valence-electron chi connectivity index (χ0n) is 16.6.